The van der Waals surface area contributed by atoms with Crippen LogP contribution in [-0.2, 0) is 9.53 Å². The highest BCUT2D eigenvalue weighted by atomic mass is 31.2. The Labute approximate surface area is 348 Å². The van der Waals surface area contributed by atoms with E-state index in [1.807, 2.05) is 0 Å². The highest BCUT2D eigenvalue weighted by Gasteiger charge is 2.56. The summed E-state index contributed by atoms with van der Waals surface area (Å²) in [6.07, 6.45) is -6.53. The van der Waals surface area contributed by atoms with Crippen LogP contribution in [0.4, 0.5) is 65.9 Å². The van der Waals surface area contributed by atoms with Gasteiger partial charge in [0.25, 0.3) is 5.97 Å². The number of carbonyl (C=O) groups excluding carboxylic acids is 1. The number of hydrogen-bond donors (Lipinski definition) is 0. The molecule has 63 heavy (non-hydrogen) atoms. The van der Waals surface area contributed by atoms with Gasteiger partial charge in [-0.1, -0.05) is 60.1 Å². The molecule has 0 aromatic heterocycles. The van der Waals surface area contributed by atoms with Gasteiger partial charge in [-0.15, -0.1) is 16.4 Å². The third kappa shape index (κ3) is 6.97. The van der Waals surface area contributed by atoms with E-state index in [9.17, 15) is 18.0 Å². The maximum Gasteiger partial charge on any atom is 0.299 e. The highest BCUT2D eigenvalue weighted by molar-refractivity contribution is 7.98. The second-order valence-electron chi connectivity index (χ2n) is 14.2. The lowest BCUT2D eigenvalue weighted by atomic mass is 9.12. The zero-order valence-corrected chi connectivity index (χ0v) is 33.6. The first kappa shape index (κ1) is 46.5. The molecule has 2 nitrogen and oxygen atoms in total. The molecule has 0 atom stereocenters. The number of halogens is 15. The summed E-state index contributed by atoms with van der Waals surface area (Å²) in [6, 6.07) is 17.2. The molecule has 0 radical (unpaired) electrons. The zero-order chi connectivity index (χ0) is 46.6. The average Bonchev–Trinajstić information content (AvgIpc) is 3.26. The van der Waals surface area contributed by atoms with Crippen molar-refractivity contribution in [2.24, 2.45) is 0 Å². The van der Waals surface area contributed by atoms with Crippen molar-refractivity contribution in [1.29, 1.82) is 0 Å². The maximum absolute atomic E-state index is 16.9. The van der Waals surface area contributed by atoms with Gasteiger partial charge in [0.2, 0.25) is 0 Å². The molecule has 0 aliphatic carbocycles. The minimum Gasteiger partial charge on any atom is -0.465 e. The van der Waals surface area contributed by atoms with E-state index < -0.39 is 135 Å². The number of esters is 1. The maximum atomic E-state index is 16.9. The molecule has 0 amide bonds. The molecule has 6 aromatic carbocycles. The SMILES string of the molecule is CCOC(=O)/C(=C\[P+](c1ccccc1C)(c1ccccc1C)c1ccccc1C)[B-](c1c(F)c(F)c(F)c(F)c1F)(c1c(F)c(F)c(F)c(F)c1F)c1c(F)c(F)c(F)c(F)c1F. The van der Waals surface area contributed by atoms with Gasteiger partial charge in [0, 0.05) is 5.82 Å². The minimum absolute atomic E-state index is 0.0623. The number of hydrogen-bond acceptors (Lipinski definition) is 2. The quantitative estimate of drug-likeness (QED) is 0.0261. The number of carbonyl (C=O) groups is 1. The van der Waals surface area contributed by atoms with Gasteiger partial charge in [-0.25, -0.2) is 65.9 Å². The topological polar surface area (TPSA) is 26.3 Å². The number of rotatable bonds is 10. The first-order valence-corrected chi connectivity index (χ1v) is 20.2. The Balaban J connectivity index is 2.19. The van der Waals surface area contributed by atoms with Crippen LogP contribution < -0.4 is 32.3 Å². The van der Waals surface area contributed by atoms with E-state index in [0.717, 1.165) is 6.92 Å². The van der Waals surface area contributed by atoms with Crippen LogP contribution in [0.1, 0.15) is 23.6 Å². The lowest BCUT2D eigenvalue weighted by molar-refractivity contribution is -0.137. The second-order valence-corrected chi connectivity index (χ2v) is 17.4. The van der Waals surface area contributed by atoms with Crippen molar-refractivity contribution < 1.29 is 75.4 Å². The Morgan fingerprint density at radius 3 is 0.921 bits per heavy atom. The summed E-state index contributed by atoms with van der Waals surface area (Å²) in [5.74, 6) is -49.7. The van der Waals surface area contributed by atoms with Crippen LogP contribution in [0.25, 0.3) is 0 Å². The predicted molar refractivity (Wildman–Crippen MR) is 207 cm³/mol. The fourth-order valence-corrected chi connectivity index (χ4v) is 12.9. The monoisotopic (exact) mass is 914 g/mol. The lowest BCUT2D eigenvalue weighted by Crippen LogP contribution is -2.75. The van der Waals surface area contributed by atoms with Crippen molar-refractivity contribution in [3.63, 3.8) is 0 Å². The van der Waals surface area contributed by atoms with E-state index in [0.29, 0.717) is 5.82 Å². The number of aryl methyl sites for hydroxylation is 3. The molecule has 328 valence electrons. The van der Waals surface area contributed by atoms with Gasteiger partial charge in [0.1, 0.15) is 64.2 Å². The summed E-state index contributed by atoms with van der Waals surface area (Å²) in [6.45, 7) is 4.48. The van der Waals surface area contributed by atoms with Crippen LogP contribution in [0, 0.1) is 108 Å². The van der Waals surface area contributed by atoms with Crippen LogP contribution >= 0.6 is 7.26 Å². The molecule has 6 aromatic rings. The third-order valence-corrected chi connectivity index (χ3v) is 15.3. The van der Waals surface area contributed by atoms with Crippen molar-refractivity contribution >= 4 is 51.7 Å². The first-order chi connectivity index (χ1) is 29.7. The second kappa shape index (κ2) is 17.3. The number of benzene rings is 6. The Morgan fingerprint density at radius 1 is 0.444 bits per heavy atom. The largest absolute Gasteiger partial charge is 0.465 e. The minimum atomic E-state index is -6.53. The normalized spacial score (nSPS) is 12.3. The molecule has 0 aliphatic heterocycles. The van der Waals surface area contributed by atoms with Crippen LogP contribution in [0.2, 0.25) is 0 Å². The molecule has 0 fully saturated rings. The molecule has 0 spiro atoms. The van der Waals surface area contributed by atoms with Crippen molar-refractivity contribution in [3.8, 4) is 0 Å². The highest BCUT2D eigenvalue weighted by Crippen LogP contribution is 2.60. The summed E-state index contributed by atoms with van der Waals surface area (Å²) in [7, 11) is -4.41. The molecule has 0 heterocycles. The van der Waals surface area contributed by atoms with E-state index in [2.05, 4.69) is 0 Å². The van der Waals surface area contributed by atoms with Gasteiger partial charge in [-0.05, 0) is 62.6 Å². The van der Waals surface area contributed by atoms with Crippen molar-refractivity contribution in [1.82, 2.24) is 0 Å². The Bertz CT molecular complexity index is 2540. The molecule has 0 bridgehead atoms. The summed E-state index contributed by atoms with van der Waals surface area (Å²) >= 11 is 0. The fraction of sp³-hybridized carbons (Fsp3) is 0.114. The molecule has 0 N–H and O–H groups in total. The molecule has 0 unspecified atom stereocenters. The van der Waals surface area contributed by atoms with Crippen molar-refractivity contribution in [2.75, 3.05) is 6.61 Å². The Morgan fingerprint density at radius 2 is 0.683 bits per heavy atom. The van der Waals surface area contributed by atoms with Gasteiger partial charge in [0.05, 0.1) is 6.61 Å². The average molecular weight is 914 g/mol. The van der Waals surface area contributed by atoms with Gasteiger partial charge in [-0.3, -0.25) is 4.79 Å². The molecular weight excluding hydrogens is 887 g/mol. The zero-order valence-electron chi connectivity index (χ0n) is 32.7. The van der Waals surface area contributed by atoms with E-state index >= 15 is 52.7 Å². The van der Waals surface area contributed by atoms with Crippen LogP contribution in [-0.4, -0.2) is 18.7 Å². The predicted octanol–water partition coefficient (Wildman–Crippen LogP) is 9.15. The van der Waals surface area contributed by atoms with E-state index in [1.54, 1.807) is 0 Å². The number of ether oxygens (including phenoxy) is 1. The Kier molecular flexibility index (Phi) is 12.7. The molecule has 0 aliphatic rings. The summed E-state index contributed by atoms with van der Waals surface area (Å²) in [5, 5.41) is 0.187. The third-order valence-electron chi connectivity index (χ3n) is 10.8. The standard InChI is InChI=1S/C44H27BF15O2P/c1-5-62-44(61)22(18-63(23-15-9-6-12-19(23)2,24-16-10-7-13-20(24)3)25-17-11-8-14-21(25)4)45(26-29(46)35(52)41(58)36(53)30(26)47,27-31(48)37(54)42(59)38(55)32(27)49)28-33(50)39(56)43(60)40(57)34(28)51/h6-18H,5H2,1-4H3/b22-18+. The molecule has 6 rings (SSSR count). The molecule has 19 heteroatoms. The summed E-state index contributed by atoms with van der Waals surface area (Å²) < 4.78 is 245. The van der Waals surface area contributed by atoms with Crippen LogP contribution in [0.15, 0.2) is 84.1 Å². The summed E-state index contributed by atoms with van der Waals surface area (Å²) in [5.41, 5.74) is -10.2. The fourth-order valence-electron chi connectivity index (χ4n) is 8.15. The van der Waals surface area contributed by atoms with E-state index in [4.69, 9.17) is 4.74 Å². The van der Waals surface area contributed by atoms with Crippen molar-refractivity contribution in [3.05, 3.63) is 188 Å². The smallest absolute Gasteiger partial charge is 0.299 e. The van der Waals surface area contributed by atoms with Gasteiger partial charge in [0.15, 0.2) is 52.4 Å². The van der Waals surface area contributed by atoms with Gasteiger partial charge >= 0.3 is 0 Å². The summed E-state index contributed by atoms with van der Waals surface area (Å²) in [4.78, 5) is 14.9. The molecular formula is C44H27BF15O2P. The molecule has 0 saturated heterocycles. The van der Waals surface area contributed by atoms with E-state index in [-0.39, 0.29) is 32.6 Å². The van der Waals surface area contributed by atoms with Gasteiger partial charge < -0.3 is 4.74 Å². The van der Waals surface area contributed by atoms with Crippen LogP contribution in [0.3, 0.4) is 0 Å². The van der Waals surface area contributed by atoms with Crippen molar-refractivity contribution in [2.45, 2.75) is 27.7 Å². The molecule has 0 saturated carbocycles. The first-order valence-electron chi connectivity index (χ1n) is 18.3. The Hall–Kier alpha value is -6.03. The lowest BCUT2D eigenvalue weighted by Gasteiger charge is -2.45. The van der Waals surface area contributed by atoms with Crippen LogP contribution in [0.5, 0.6) is 0 Å². The van der Waals surface area contributed by atoms with Gasteiger partial charge in [-0.2, -0.15) is 0 Å². The van der Waals surface area contributed by atoms with E-state index in [1.165, 1.54) is 93.6 Å².